The summed E-state index contributed by atoms with van der Waals surface area (Å²) >= 11 is 0. The molecular formula is C17H30N4. The van der Waals surface area contributed by atoms with Gasteiger partial charge in [-0.1, -0.05) is 19.3 Å². The van der Waals surface area contributed by atoms with Gasteiger partial charge in [-0.15, -0.1) is 0 Å². The Morgan fingerprint density at radius 3 is 2.71 bits per heavy atom. The topological polar surface area (TPSA) is 33.1 Å². The first kappa shape index (κ1) is 15.0. The zero-order chi connectivity index (χ0) is 14.8. The van der Waals surface area contributed by atoms with E-state index in [1.165, 1.54) is 37.8 Å². The Hall–Kier alpha value is -0.870. The van der Waals surface area contributed by atoms with Gasteiger partial charge >= 0.3 is 0 Å². The zero-order valence-corrected chi connectivity index (χ0v) is 13.8. The van der Waals surface area contributed by atoms with Crippen LogP contribution in [0.3, 0.4) is 0 Å². The van der Waals surface area contributed by atoms with E-state index in [0.717, 1.165) is 31.2 Å². The van der Waals surface area contributed by atoms with E-state index >= 15 is 0 Å². The first-order valence-corrected chi connectivity index (χ1v) is 8.60. The summed E-state index contributed by atoms with van der Waals surface area (Å²) in [5, 5.41) is 8.21. The SMILES string of the molecule is Cc1cc(CN2CC(C)NCC2C2CCCCC2)n(C)n1. The highest BCUT2D eigenvalue weighted by Gasteiger charge is 2.33. The number of aryl methyl sites for hydroxylation is 2. The fraction of sp³-hybridized carbons (Fsp3) is 0.824. The third-order valence-corrected chi connectivity index (χ3v) is 5.31. The normalized spacial score (nSPS) is 28.9. The highest BCUT2D eigenvalue weighted by molar-refractivity contribution is 5.09. The Morgan fingerprint density at radius 1 is 1.29 bits per heavy atom. The molecule has 1 aromatic heterocycles. The monoisotopic (exact) mass is 290 g/mol. The largest absolute Gasteiger partial charge is 0.311 e. The Labute approximate surface area is 128 Å². The maximum absolute atomic E-state index is 4.51. The Bertz CT molecular complexity index is 461. The summed E-state index contributed by atoms with van der Waals surface area (Å²) in [6, 6.07) is 3.54. The van der Waals surface area contributed by atoms with E-state index in [0.29, 0.717) is 12.1 Å². The molecule has 1 aromatic rings. The molecule has 0 amide bonds. The fourth-order valence-electron chi connectivity index (χ4n) is 4.19. The van der Waals surface area contributed by atoms with E-state index in [1.807, 2.05) is 0 Å². The first-order valence-electron chi connectivity index (χ1n) is 8.60. The Morgan fingerprint density at radius 2 is 2.05 bits per heavy atom. The second kappa shape index (κ2) is 6.49. The lowest BCUT2D eigenvalue weighted by atomic mass is 9.82. The van der Waals surface area contributed by atoms with Crippen LogP contribution in [0.4, 0.5) is 0 Å². The number of nitrogens with one attached hydrogen (secondary N) is 1. The molecule has 21 heavy (non-hydrogen) atoms. The molecule has 118 valence electrons. The summed E-state index contributed by atoms with van der Waals surface area (Å²) in [5.74, 6) is 0.882. The molecule has 1 saturated carbocycles. The minimum absolute atomic E-state index is 0.596. The lowest BCUT2D eigenvalue weighted by Crippen LogP contribution is -2.57. The number of nitrogens with zero attached hydrogens (tertiary/aromatic N) is 3. The van der Waals surface area contributed by atoms with E-state index in [4.69, 9.17) is 0 Å². The second-order valence-corrected chi connectivity index (χ2v) is 7.10. The van der Waals surface area contributed by atoms with E-state index in [-0.39, 0.29) is 0 Å². The maximum atomic E-state index is 4.51. The molecule has 1 saturated heterocycles. The third kappa shape index (κ3) is 3.49. The van der Waals surface area contributed by atoms with Crippen LogP contribution in [0, 0.1) is 12.8 Å². The van der Waals surface area contributed by atoms with Crippen molar-refractivity contribution >= 4 is 0 Å². The number of hydrogen-bond acceptors (Lipinski definition) is 3. The number of hydrogen-bond donors (Lipinski definition) is 1. The quantitative estimate of drug-likeness (QED) is 0.928. The lowest BCUT2D eigenvalue weighted by molar-refractivity contribution is 0.0669. The van der Waals surface area contributed by atoms with Gasteiger partial charge in [-0.25, -0.2) is 0 Å². The van der Waals surface area contributed by atoms with Gasteiger partial charge in [0.05, 0.1) is 11.4 Å². The van der Waals surface area contributed by atoms with Crippen molar-refractivity contribution in [2.45, 2.75) is 64.6 Å². The van der Waals surface area contributed by atoms with Crippen LogP contribution in [0.2, 0.25) is 0 Å². The number of aromatic nitrogens is 2. The van der Waals surface area contributed by atoms with Crippen molar-refractivity contribution in [1.82, 2.24) is 20.0 Å². The third-order valence-electron chi connectivity index (χ3n) is 5.31. The maximum Gasteiger partial charge on any atom is 0.0597 e. The molecule has 2 atom stereocenters. The van der Waals surface area contributed by atoms with Gasteiger partial charge in [0.15, 0.2) is 0 Å². The van der Waals surface area contributed by atoms with E-state index in [2.05, 4.69) is 47.0 Å². The molecule has 1 N–H and O–H groups in total. The van der Waals surface area contributed by atoms with Crippen LogP contribution in [0.15, 0.2) is 6.07 Å². The molecule has 2 aliphatic rings. The van der Waals surface area contributed by atoms with Gasteiger partial charge in [0, 0.05) is 38.8 Å². The number of piperazine rings is 1. The lowest BCUT2D eigenvalue weighted by Gasteiger charge is -2.44. The summed E-state index contributed by atoms with van der Waals surface area (Å²) in [7, 11) is 2.07. The Balaban J connectivity index is 1.73. The predicted molar refractivity (Wildman–Crippen MR) is 86.2 cm³/mol. The molecule has 0 bridgehead atoms. The van der Waals surface area contributed by atoms with Crippen LogP contribution in [0.5, 0.6) is 0 Å². The van der Waals surface area contributed by atoms with Crippen molar-refractivity contribution in [2.75, 3.05) is 13.1 Å². The molecule has 2 fully saturated rings. The van der Waals surface area contributed by atoms with Crippen molar-refractivity contribution < 1.29 is 0 Å². The average molecular weight is 290 g/mol. The molecular weight excluding hydrogens is 260 g/mol. The standard InChI is InChI=1S/C17H30N4/c1-13-9-16(20(3)19-13)12-21-11-14(2)18-10-17(21)15-7-5-4-6-8-15/h9,14-15,17-18H,4-8,10-12H2,1-3H3. The van der Waals surface area contributed by atoms with Gasteiger partial charge < -0.3 is 5.32 Å². The summed E-state index contributed by atoms with van der Waals surface area (Å²) in [6.07, 6.45) is 7.13. The van der Waals surface area contributed by atoms with Crippen LogP contribution in [-0.2, 0) is 13.6 Å². The van der Waals surface area contributed by atoms with E-state index in [9.17, 15) is 0 Å². The zero-order valence-electron chi connectivity index (χ0n) is 13.8. The predicted octanol–water partition coefficient (Wildman–Crippen LogP) is 2.47. The Kier molecular flexibility index (Phi) is 4.65. The van der Waals surface area contributed by atoms with Crippen molar-refractivity contribution in [3.05, 3.63) is 17.5 Å². The van der Waals surface area contributed by atoms with Crippen molar-refractivity contribution in [3.63, 3.8) is 0 Å². The smallest absolute Gasteiger partial charge is 0.0597 e. The highest BCUT2D eigenvalue weighted by atomic mass is 15.3. The highest BCUT2D eigenvalue weighted by Crippen LogP contribution is 2.30. The summed E-state index contributed by atoms with van der Waals surface area (Å²) in [6.45, 7) is 7.75. The van der Waals surface area contributed by atoms with Gasteiger partial charge in [0.2, 0.25) is 0 Å². The van der Waals surface area contributed by atoms with Gasteiger partial charge in [-0.05, 0) is 38.7 Å². The molecule has 0 spiro atoms. The fourth-order valence-corrected chi connectivity index (χ4v) is 4.19. The molecule has 2 heterocycles. The van der Waals surface area contributed by atoms with Crippen molar-refractivity contribution in [2.24, 2.45) is 13.0 Å². The van der Waals surface area contributed by atoms with Crippen LogP contribution < -0.4 is 5.32 Å². The van der Waals surface area contributed by atoms with Crippen molar-refractivity contribution in [1.29, 1.82) is 0 Å². The van der Waals surface area contributed by atoms with Crippen LogP contribution in [-0.4, -0.2) is 39.9 Å². The minimum Gasteiger partial charge on any atom is -0.311 e. The molecule has 0 aromatic carbocycles. The molecule has 1 aliphatic heterocycles. The average Bonchev–Trinajstić information content (AvgIpc) is 2.78. The molecule has 1 aliphatic carbocycles. The molecule has 0 radical (unpaired) electrons. The van der Waals surface area contributed by atoms with E-state index < -0.39 is 0 Å². The summed E-state index contributed by atoms with van der Waals surface area (Å²) in [4.78, 5) is 2.72. The van der Waals surface area contributed by atoms with Gasteiger partial charge in [0.25, 0.3) is 0 Å². The summed E-state index contributed by atoms with van der Waals surface area (Å²) in [5.41, 5.74) is 2.48. The van der Waals surface area contributed by atoms with Crippen LogP contribution >= 0.6 is 0 Å². The molecule has 2 unspecified atom stereocenters. The van der Waals surface area contributed by atoms with Crippen LogP contribution in [0.1, 0.15) is 50.4 Å². The minimum atomic E-state index is 0.596. The van der Waals surface area contributed by atoms with Crippen LogP contribution in [0.25, 0.3) is 0 Å². The molecule has 4 nitrogen and oxygen atoms in total. The second-order valence-electron chi connectivity index (χ2n) is 7.10. The molecule has 4 heteroatoms. The number of rotatable bonds is 3. The first-order chi connectivity index (χ1) is 10.1. The van der Waals surface area contributed by atoms with Gasteiger partial charge in [0.1, 0.15) is 0 Å². The van der Waals surface area contributed by atoms with E-state index in [1.54, 1.807) is 0 Å². The molecule has 3 rings (SSSR count). The van der Waals surface area contributed by atoms with Gasteiger partial charge in [-0.2, -0.15) is 5.10 Å². The van der Waals surface area contributed by atoms with Crippen molar-refractivity contribution in [3.8, 4) is 0 Å². The summed E-state index contributed by atoms with van der Waals surface area (Å²) < 4.78 is 2.06. The van der Waals surface area contributed by atoms with Gasteiger partial charge in [-0.3, -0.25) is 9.58 Å².